The Bertz CT molecular complexity index is 780. The lowest BCUT2D eigenvalue weighted by Gasteiger charge is -2.29. The summed E-state index contributed by atoms with van der Waals surface area (Å²) in [6.07, 6.45) is 5.33. The van der Waals surface area contributed by atoms with Crippen LogP contribution in [0, 0.1) is 17.2 Å². The number of aromatic nitrogens is 2. The van der Waals surface area contributed by atoms with Crippen molar-refractivity contribution in [3.05, 3.63) is 42.2 Å². The van der Waals surface area contributed by atoms with E-state index in [9.17, 15) is 4.79 Å². The highest BCUT2D eigenvalue weighted by molar-refractivity contribution is 5.74. The van der Waals surface area contributed by atoms with E-state index >= 15 is 0 Å². The van der Waals surface area contributed by atoms with Crippen molar-refractivity contribution in [2.75, 3.05) is 20.2 Å². The summed E-state index contributed by atoms with van der Waals surface area (Å²) in [4.78, 5) is 14.0. The number of hydrogen-bond donors (Lipinski definition) is 1. The number of benzene rings is 1. The molecule has 1 aromatic heterocycles. The van der Waals surface area contributed by atoms with Gasteiger partial charge in [0.25, 0.3) is 0 Å². The summed E-state index contributed by atoms with van der Waals surface area (Å²) in [5, 5.41) is 16.3. The van der Waals surface area contributed by atoms with Crippen molar-refractivity contribution in [1.29, 1.82) is 5.26 Å². The van der Waals surface area contributed by atoms with E-state index in [1.807, 2.05) is 30.5 Å². The number of likely N-dealkylation sites (tertiary alicyclic amines) is 1. The number of nitrogens with one attached hydrogen (secondary N) is 1. The predicted octanol–water partition coefficient (Wildman–Crippen LogP) is 2.33. The normalized spacial score (nSPS) is 17.0. The zero-order valence-corrected chi connectivity index (χ0v) is 14.2. The Morgan fingerprint density at radius 3 is 3.12 bits per heavy atom. The molecule has 130 valence electrons. The first-order chi connectivity index (χ1) is 12.2. The quantitative estimate of drug-likeness (QED) is 0.927. The fraction of sp³-hybridized carbons (Fsp3) is 0.389. The summed E-state index contributed by atoms with van der Waals surface area (Å²) in [7, 11) is 1.62. The maximum Gasteiger partial charge on any atom is 0.317 e. The summed E-state index contributed by atoms with van der Waals surface area (Å²) < 4.78 is 7.07. The molecule has 2 heterocycles. The van der Waals surface area contributed by atoms with Crippen molar-refractivity contribution in [2.24, 2.45) is 5.92 Å². The molecule has 7 heteroatoms. The number of carbonyl (C=O) groups is 1. The summed E-state index contributed by atoms with van der Waals surface area (Å²) in [6.45, 7) is 1.59. The van der Waals surface area contributed by atoms with Gasteiger partial charge in [-0.3, -0.25) is 0 Å². The molecular weight excluding hydrogens is 318 g/mol. The Balaban J connectivity index is 1.60. The van der Waals surface area contributed by atoms with Crippen molar-refractivity contribution < 1.29 is 9.53 Å². The molecule has 0 bridgehead atoms. The molecule has 1 N–H and O–H groups in total. The van der Waals surface area contributed by atoms with Gasteiger partial charge in [0.2, 0.25) is 0 Å². The van der Waals surface area contributed by atoms with Gasteiger partial charge >= 0.3 is 6.03 Å². The third-order valence-electron chi connectivity index (χ3n) is 4.30. The Morgan fingerprint density at radius 1 is 1.48 bits per heavy atom. The Kier molecular flexibility index (Phi) is 5.19. The number of nitriles is 1. The number of piperidine rings is 1. The highest BCUT2D eigenvalue weighted by Crippen LogP contribution is 2.21. The van der Waals surface area contributed by atoms with E-state index in [1.54, 1.807) is 22.9 Å². The van der Waals surface area contributed by atoms with Crippen molar-refractivity contribution in [1.82, 2.24) is 20.0 Å². The monoisotopic (exact) mass is 339 g/mol. The molecule has 2 amide bonds. The first-order valence-corrected chi connectivity index (χ1v) is 8.30. The molecular formula is C18H21N5O2. The Hall–Kier alpha value is -3.01. The van der Waals surface area contributed by atoms with Crippen LogP contribution in [0.25, 0.3) is 5.69 Å². The minimum absolute atomic E-state index is 0.0622. The zero-order chi connectivity index (χ0) is 17.6. The highest BCUT2D eigenvalue weighted by Gasteiger charge is 2.23. The van der Waals surface area contributed by atoms with E-state index in [0.717, 1.165) is 29.8 Å². The smallest absolute Gasteiger partial charge is 0.317 e. The fourth-order valence-electron chi connectivity index (χ4n) is 2.96. The molecule has 25 heavy (non-hydrogen) atoms. The van der Waals surface area contributed by atoms with Gasteiger partial charge in [0, 0.05) is 31.4 Å². The second kappa shape index (κ2) is 7.71. The lowest BCUT2D eigenvalue weighted by atomic mass is 10.0. The molecule has 0 saturated carbocycles. The maximum absolute atomic E-state index is 12.3. The summed E-state index contributed by atoms with van der Waals surface area (Å²) in [5.41, 5.74) is 1.74. The molecule has 3 rings (SSSR count). The second-order valence-electron chi connectivity index (χ2n) is 6.04. The van der Waals surface area contributed by atoms with Crippen molar-refractivity contribution in [3.8, 4) is 17.5 Å². The molecule has 1 atom stereocenters. The molecule has 1 fully saturated rings. The summed E-state index contributed by atoms with van der Waals surface area (Å²) >= 11 is 0. The summed E-state index contributed by atoms with van der Waals surface area (Å²) in [5.74, 6) is 0.671. The Labute approximate surface area is 146 Å². The molecule has 0 radical (unpaired) electrons. The van der Waals surface area contributed by atoms with Crippen LogP contribution in [0.5, 0.6) is 5.75 Å². The number of hydrogen-bond acceptors (Lipinski definition) is 4. The van der Waals surface area contributed by atoms with Crippen molar-refractivity contribution >= 4 is 6.03 Å². The van der Waals surface area contributed by atoms with Crippen LogP contribution in [0.3, 0.4) is 0 Å². The minimum atomic E-state index is -0.134. The van der Waals surface area contributed by atoms with Gasteiger partial charge in [-0.2, -0.15) is 10.4 Å². The molecule has 0 aliphatic carbocycles. The SMILES string of the molecule is COc1ccccc1-n1cc(CNC(=O)N2CCC[C@H](C#N)C2)cn1. The number of ether oxygens (including phenoxy) is 1. The van der Waals surface area contributed by atoms with E-state index in [1.165, 1.54) is 0 Å². The van der Waals surface area contributed by atoms with Crippen LogP contribution in [0.15, 0.2) is 36.7 Å². The van der Waals surface area contributed by atoms with Crippen LogP contribution in [-0.4, -0.2) is 40.9 Å². The predicted molar refractivity (Wildman–Crippen MR) is 92.3 cm³/mol. The van der Waals surface area contributed by atoms with Gasteiger partial charge in [0.1, 0.15) is 11.4 Å². The third kappa shape index (κ3) is 3.91. The molecule has 0 spiro atoms. The number of rotatable bonds is 4. The number of carbonyl (C=O) groups excluding carboxylic acids is 1. The average molecular weight is 339 g/mol. The molecule has 0 unspecified atom stereocenters. The van der Waals surface area contributed by atoms with E-state index in [0.29, 0.717) is 19.6 Å². The van der Waals surface area contributed by atoms with Gasteiger partial charge in [-0.15, -0.1) is 0 Å². The number of methoxy groups -OCH3 is 1. The molecule has 1 aliphatic heterocycles. The van der Waals surface area contributed by atoms with Crippen LogP contribution in [0.4, 0.5) is 4.79 Å². The lowest BCUT2D eigenvalue weighted by Crippen LogP contribution is -2.45. The van der Waals surface area contributed by atoms with E-state index in [-0.39, 0.29) is 11.9 Å². The van der Waals surface area contributed by atoms with Crippen LogP contribution in [0.2, 0.25) is 0 Å². The fourth-order valence-corrected chi connectivity index (χ4v) is 2.96. The zero-order valence-electron chi connectivity index (χ0n) is 14.2. The van der Waals surface area contributed by atoms with Gasteiger partial charge in [-0.05, 0) is 25.0 Å². The number of urea groups is 1. The topological polar surface area (TPSA) is 83.2 Å². The number of nitrogens with zero attached hydrogens (tertiary/aromatic N) is 4. The molecule has 7 nitrogen and oxygen atoms in total. The molecule has 2 aromatic rings. The molecule has 1 aliphatic rings. The standard InChI is InChI=1S/C18H21N5O2/c1-25-17-7-3-2-6-16(17)23-13-15(11-21-23)10-20-18(24)22-8-4-5-14(9-19)12-22/h2-3,6-7,11,13-14H,4-5,8,10,12H2,1H3,(H,20,24)/t14-/m1/s1. The van der Waals surface area contributed by atoms with Crippen LogP contribution in [0.1, 0.15) is 18.4 Å². The van der Waals surface area contributed by atoms with Gasteiger partial charge in [0.05, 0.1) is 25.3 Å². The van der Waals surface area contributed by atoms with Crippen molar-refractivity contribution in [2.45, 2.75) is 19.4 Å². The number of para-hydroxylation sites is 2. The van der Waals surface area contributed by atoms with Crippen LogP contribution >= 0.6 is 0 Å². The van der Waals surface area contributed by atoms with E-state index in [2.05, 4.69) is 16.5 Å². The third-order valence-corrected chi connectivity index (χ3v) is 4.30. The lowest BCUT2D eigenvalue weighted by molar-refractivity contribution is 0.176. The van der Waals surface area contributed by atoms with Crippen LogP contribution < -0.4 is 10.1 Å². The minimum Gasteiger partial charge on any atom is -0.494 e. The van der Waals surface area contributed by atoms with Gasteiger partial charge in [-0.1, -0.05) is 12.1 Å². The first-order valence-electron chi connectivity index (χ1n) is 8.30. The van der Waals surface area contributed by atoms with E-state index in [4.69, 9.17) is 10.00 Å². The van der Waals surface area contributed by atoms with Gasteiger partial charge in [0.15, 0.2) is 0 Å². The highest BCUT2D eigenvalue weighted by atomic mass is 16.5. The van der Waals surface area contributed by atoms with Gasteiger partial charge in [-0.25, -0.2) is 9.48 Å². The van der Waals surface area contributed by atoms with E-state index < -0.39 is 0 Å². The first kappa shape index (κ1) is 16.8. The Morgan fingerprint density at radius 2 is 2.32 bits per heavy atom. The van der Waals surface area contributed by atoms with Crippen LogP contribution in [-0.2, 0) is 6.54 Å². The molecule has 1 aromatic carbocycles. The molecule has 1 saturated heterocycles. The van der Waals surface area contributed by atoms with Gasteiger partial charge < -0.3 is 15.0 Å². The summed E-state index contributed by atoms with van der Waals surface area (Å²) in [6, 6.07) is 9.73. The maximum atomic E-state index is 12.3. The largest absolute Gasteiger partial charge is 0.494 e. The van der Waals surface area contributed by atoms with Crippen molar-refractivity contribution in [3.63, 3.8) is 0 Å². The number of amides is 2. The average Bonchev–Trinajstić information content (AvgIpc) is 3.15. The second-order valence-corrected chi connectivity index (χ2v) is 6.04.